The fraction of sp³-hybridized carbons (Fsp3) is 0.462. The molecule has 0 heterocycles. The molecule has 0 aliphatic rings. The van der Waals surface area contributed by atoms with Gasteiger partial charge in [-0.25, -0.2) is 0 Å². The molecule has 1 aromatic carbocycles. The predicted octanol–water partition coefficient (Wildman–Crippen LogP) is 3.51. The SMILES string of the molecule is CCOc1cccc(OCC)c1C(Br)C(C)=O. The highest BCUT2D eigenvalue weighted by molar-refractivity contribution is 9.09. The minimum absolute atomic E-state index is 0.0260. The molecule has 0 radical (unpaired) electrons. The van der Waals surface area contributed by atoms with Gasteiger partial charge >= 0.3 is 0 Å². The van der Waals surface area contributed by atoms with E-state index in [0.717, 1.165) is 5.56 Å². The third kappa shape index (κ3) is 3.46. The summed E-state index contributed by atoms with van der Waals surface area (Å²) >= 11 is 3.38. The van der Waals surface area contributed by atoms with Crippen molar-refractivity contribution in [1.29, 1.82) is 0 Å². The van der Waals surface area contributed by atoms with E-state index in [4.69, 9.17) is 9.47 Å². The fourth-order valence-corrected chi connectivity index (χ4v) is 1.99. The summed E-state index contributed by atoms with van der Waals surface area (Å²) in [6.45, 7) is 6.47. The molecular weight excluding hydrogens is 284 g/mol. The summed E-state index contributed by atoms with van der Waals surface area (Å²) in [6.07, 6.45) is 0. The summed E-state index contributed by atoms with van der Waals surface area (Å²) in [5.41, 5.74) is 0.767. The molecule has 0 aliphatic carbocycles. The van der Waals surface area contributed by atoms with Gasteiger partial charge in [0, 0.05) is 0 Å². The number of hydrogen-bond donors (Lipinski definition) is 0. The van der Waals surface area contributed by atoms with Gasteiger partial charge in [0.05, 0.1) is 18.8 Å². The van der Waals surface area contributed by atoms with Crippen molar-refractivity contribution in [2.75, 3.05) is 13.2 Å². The molecule has 0 aliphatic heterocycles. The topological polar surface area (TPSA) is 35.5 Å². The molecule has 4 heteroatoms. The molecule has 1 aromatic rings. The van der Waals surface area contributed by atoms with E-state index >= 15 is 0 Å². The molecule has 0 spiro atoms. The Morgan fingerprint density at radius 2 is 1.71 bits per heavy atom. The monoisotopic (exact) mass is 300 g/mol. The van der Waals surface area contributed by atoms with Gasteiger partial charge in [0.25, 0.3) is 0 Å². The molecule has 1 unspecified atom stereocenters. The van der Waals surface area contributed by atoms with Crippen LogP contribution in [0.25, 0.3) is 0 Å². The van der Waals surface area contributed by atoms with E-state index < -0.39 is 4.83 Å². The maximum absolute atomic E-state index is 11.5. The van der Waals surface area contributed by atoms with E-state index in [1.807, 2.05) is 32.0 Å². The largest absolute Gasteiger partial charge is 0.493 e. The highest BCUT2D eigenvalue weighted by atomic mass is 79.9. The van der Waals surface area contributed by atoms with Gasteiger partial charge < -0.3 is 9.47 Å². The molecule has 0 saturated carbocycles. The number of Topliss-reactive ketones (excluding diaryl/α,β-unsaturated/α-hetero) is 1. The Balaban J connectivity index is 3.22. The van der Waals surface area contributed by atoms with Crippen molar-refractivity contribution in [2.24, 2.45) is 0 Å². The summed E-state index contributed by atoms with van der Waals surface area (Å²) in [4.78, 5) is 11.1. The number of benzene rings is 1. The standard InChI is InChI=1S/C13H17BrO3/c1-4-16-10-7-6-8-11(17-5-2)12(10)13(14)9(3)15/h6-8,13H,4-5H2,1-3H3. The molecule has 0 saturated heterocycles. The smallest absolute Gasteiger partial charge is 0.148 e. The van der Waals surface area contributed by atoms with Gasteiger partial charge in [-0.1, -0.05) is 22.0 Å². The number of carbonyl (C=O) groups is 1. The van der Waals surface area contributed by atoms with Crippen LogP contribution in [0.5, 0.6) is 11.5 Å². The third-order valence-electron chi connectivity index (χ3n) is 2.24. The van der Waals surface area contributed by atoms with E-state index in [1.165, 1.54) is 6.92 Å². The van der Waals surface area contributed by atoms with Gasteiger partial charge in [-0.05, 0) is 32.9 Å². The lowest BCUT2D eigenvalue weighted by Crippen LogP contribution is -2.08. The average molecular weight is 301 g/mol. The molecule has 0 aromatic heterocycles. The van der Waals surface area contributed by atoms with Crippen LogP contribution in [0, 0.1) is 0 Å². The number of ketones is 1. The van der Waals surface area contributed by atoms with Crippen molar-refractivity contribution >= 4 is 21.7 Å². The summed E-state index contributed by atoms with van der Waals surface area (Å²) in [6, 6.07) is 5.55. The maximum atomic E-state index is 11.5. The quantitative estimate of drug-likeness (QED) is 0.754. The summed E-state index contributed by atoms with van der Waals surface area (Å²) in [7, 11) is 0. The third-order valence-corrected chi connectivity index (χ3v) is 3.34. The lowest BCUT2D eigenvalue weighted by molar-refractivity contribution is -0.116. The molecule has 17 heavy (non-hydrogen) atoms. The van der Waals surface area contributed by atoms with E-state index in [-0.39, 0.29) is 5.78 Å². The van der Waals surface area contributed by atoms with Crippen molar-refractivity contribution in [3.8, 4) is 11.5 Å². The number of rotatable bonds is 6. The van der Waals surface area contributed by atoms with Crippen molar-refractivity contribution in [3.63, 3.8) is 0 Å². The highest BCUT2D eigenvalue weighted by Gasteiger charge is 2.22. The summed E-state index contributed by atoms with van der Waals surface area (Å²) in [5.74, 6) is 1.41. The Morgan fingerprint density at radius 3 is 2.06 bits per heavy atom. The van der Waals surface area contributed by atoms with E-state index in [2.05, 4.69) is 15.9 Å². The van der Waals surface area contributed by atoms with Gasteiger partial charge in [-0.3, -0.25) is 4.79 Å². The van der Waals surface area contributed by atoms with E-state index in [0.29, 0.717) is 24.7 Å². The van der Waals surface area contributed by atoms with E-state index in [9.17, 15) is 4.79 Å². The van der Waals surface area contributed by atoms with Gasteiger partial charge in [-0.15, -0.1) is 0 Å². The second-order valence-electron chi connectivity index (χ2n) is 3.51. The van der Waals surface area contributed by atoms with Crippen LogP contribution in [0.15, 0.2) is 18.2 Å². The highest BCUT2D eigenvalue weighted by Crippen LogP contribution is 2.39. The minimum Gasteiger partial charge on any atom is -0.493 e. The van der Waals surface area contributed by atoms with Gasteiger partial charge in [0.1, 0.15) is 22.1 Å². The first-order valence-corrected chi connectivity index (χ1v) is 6.56. The van der Waals surface area contributed by atoms with Gasteiger partial charge in [0.15, 0.2) is 0 Å². The first-order chi connectivity index (χ1) is 8.11. The number of halogens is 1. The minimum atomic E-state index is -0.396. The Labute approximate surface area is 110 Å². The molecule has 94 valence electrons. The maximum Gasteiger partial charge on any atom is 0.148 e. The van der Waals surface area contributed by atoms with Crippen LogP contribution in [0.3, 0.4) is 0 Å². The second kappa shape index (κ2) is 6.64. The molecule has 3 nitrogen and oxygen atoms in total. The summed E-state index contributed by atoms with van der Waals surface area (Å²) in [5, 5.41) is 0. The Hall–Kier alpha value is -1.03. The van der Waals surface area contributed by atoms with Crippen LogP contribution in [-0.2, 0) is 4.79 Å². The zero-order chi connectivity index (χ0) is 12.8. The first-order valence-electron chi connectivity index (χ1n) is 5.64. The normalized spacial score (nSPS) is 12.0. The van der Waals surface area contributed by atoms with Crippen molar-refractivity contribution in [2.45, 2.75) is 25.6 Å². The van der Waals surface area contributed by atoms with Crippen LogP contribution in [0.2, 0.25) is 0 Å². The number of alkyl halides is 1. The lowest BCUT2D eigenvalue weighted by atomic mass is 10.1. The zero-order valence-corrected chi connectivity index (χ0v) is 11.9. The Morgan fingerprint density at radius 1 is 1.24 bits per heavy atom. The van der Waals surface area contributed by atoms with E-state index in [1.54, 1.807) is 0 Å². The first kappa shape index (κ1) is 14.0. The molecule has 1 rings (SSSR count). The molecule has 1 atom stereocenters. The number of ether oxygens (including phenoxy) is 2. The second-order valence-corrected chi connectivity index (χ2v) is 4.42. The van der Waals surface area contributed by atoms with Crippen molar-refractivity contribution in [1.82, 2.24) is 0 Å². The molecule has 0 N–H and O–H groups in total. The van der Waals surface area contributed by atoms with Crippen molar-refractivity contribution in [3.05, 3.63) is 23.8 Å². The van der Waals surface area contributed by atoms with Crippen molar-refractivity contribution < 1.29 is 14.3 Å². The number of carbonyl (C=O) groups excluding carboxylic acids is 1. The van der Waals surface area contributed by atoms with Crippen LogP contribution < -0.4 is 9.47 Å². The Bertz CT molecular complexity index is 366. The Kier molecular flexibility index (Phi) is 5.48. The predicted molar refractivity (Wildman–Crippen MR) is 71.1 cm³/mol. The average Bonchev–Trinajstić information content (AvgIpc) is 2.29. The van der Waals surface area contributed by atoms with Crippen LogP contribution in [0.1, 0.15) is 31.2 Å². The van der Waals surface area contributed by atoms with Gasteiger partial charge in [0.2, 0.25) is 0 Å². The van der Waals surface area contributed by atoms with Gasteiger partial charge in [-0.2, -0.15) is 0 Å². The molecule has 0 amide bonds. The zero-order valence-electron chi connectivity index (χ0n) is 10.3. The number of hydrogen-bond acceptors (Lipinski definition) is 3. The van der Waals surface area contributed by atoms with Crippen LogP contribution >= 0.6 is 15.9 Å². The fourth-order valence-electron chi connectivity index (χ4n) is 1.54. The summed E-state index contributed by atoms with van der Waals surface area (Å²) < 4.78 is 11.1. The van der Waals surface area contributed by atoms with Crippen LogP contribution in [-0.4, -0.2) is 19.0 Å². The van der Waals surface area contributed by atoms with Crippen LogP contribution in [0.4, 0.5) is 0 Å². The molecule has 0 fully saturated rings. The molecule has 0 bridgehead atoms. The lowest BCUT2D eigenvalue weighted by Gasteiger charge is -2.17. The molecular formula is C13H17BrO3.